The second kappa shape index (κ2) is 8.42. The van der Waals surface area contributed by atoms with Gasteiger partial charge in [-0.25, -0.2) is 0 Å². The van der Waals surface area contributed by atoms with Crippen molar-refractivity contribution in [2.75, 3.05) is 42.6 Å². The van der Waals surface area contributed by atoms with Crippen molar-refractivity contribution in [1.29, 1.82) is 0 Å². The number of nitrogens with zero attached hydrogens (tertiary/aromatic N) is 3. The first-order valence-corrected chi connectivity index (χ1v) is 10.6. The zero-order valence-electron chi connectivity index (χ0n) is 16.2. The Morgan fingerprint density at radius 3 is 2.66 bits per heavy atom. The molecule has 0 saturated carbocycles. The van der Waals surface area contributed by atoms with Gasteiger partial charge in [0.2, 0.25) is 0 Å². The zero-order chi connectivity index (χ0) is 20.4. The number of carbonyl (C=O) groups excluding carboxylic acids is 1. The zero-order valence-corrected chi connectivity index (χ0v) is 17.1. The fourth-order valence-electron chi connectivity index (χ4n) is 3.73. The van der Waals surface area contributed by atoms with Crippen molar-refractivity contribution in [3.05, 3.63) is 58.1 Å². The number of nitro benzene ring substituents is 1. The Hall–Kier alpha value is -2.58. The third-order valence-corrected chi connectivity index (χ3v) is 6.50. The average molecular weight is 413 g/mol. The largest absolute Gasteiger partial charge is 0.378 e. The number of hydrogen-bond donors (Lipinski definition) is 0. The van der Waals surface area contributed by atoms with Crippen molar-refractivity contribution in [3.8, 4) is 0 Å². The van der Waals surface area contributed by atoms with Gasteiger partial charge in [0.15, 0.2) is 0 Å². The van der Waals surface area contributed by atoms with Gasteiger partial charge >= 0.3 is 0 Å². The molecule has 1 atom stereocenters. The smallest absolute Gasteiger partial charge is 0.293 e. The first kappa shape index (κ1) is 19.7. The Bertz CT molecular complexity index is 930. The molecule has 1 amide bonds. The SMILES string of the molecule is C[C@H]1CCN(C(=O)c2ccc(N3CCOCC3)c([N+](=O)[O-])c2)c2ccccc2S1. The van der Waals surface area contributed by atoms with Crippen LogP contribution >= 0.6 is 11.8 Å². The topological polar surface area (TPSA) is 75.9 Å². The van der Waals surface area contributed by atoms with E-state index in [4.69, 9.17) is 4.74 Å². The van der Waals surface area contributed by atoms with Gasteiger partial charge in [0.25, 0.3) is 11.6 Å². The van der Waals surface area contributed by atoms with Crippen LogP contribution < -0.4 is 9.80 Å². The summed E-state index contributed by atoms with van der Waals surface area (Å²) in [6, 6.07) is 12.6. The third kappa shape index (κ3) is 4.09. The lowest BCUT2D eigenvalue weighted by molar-refractivity contribution is -0.384. The number of hydrogen-bond acceptors (Lipinski definition) is 6. The molecule has 1 fully saturated rings. The summed E-state index contributed by atoms with van der Waals surface area (Å²) >= 11 is 1.76. The highest BCUT2D eigenvalue weighted by Gasteiger charge is 2.28. The minimum absolute atomic E-state index is 0.0383. The number of nitro groups is 1. The molecule has 0 bridgehead atoms. The molecule has 0 aromatic heterocycles. The number of rotatable bonds is 3. The minimum Gasteiger partial charge on any atom is -0.378 e. The maximum Gasteiger partial charge on any atom is 0.293 e. The lowest BCUT2D eigenvalue weighted by atomic mass is 10.1. The summed E-state index contributed by atoms with van der Waals surface area (Å²) in [7, 11) is 0. The van der Waals surface area contributed by atoms with E-state index in [2.05, 4.69) is 6.92 Å². The highest BCUT2D eigenvalue weighted by molar-refractivity contribution is 8.00. The van der Waals surface area contributed by atoms with Crippen LogP contribution in [0, 0.1) is 10.1 Å². The molecule has 2 aromatic rings. The Morgan fingerprint density at radius 2 is 1.90 bits per heavy atom. The van der Waals surface area contributed by atoms with Gasteiger partial charge in [-0.1, -0.05) is 19.1 Å². The quantitative estimate of drug-likeness (QED) is 0.560. The van der Waals surface area contributed by atoms with Gasteiger partial charge in [-0.2, -0.15) is 0 Å². The summed E-state index contributed by atoms with van der Waals surface area (Å²) in [5.41, 5.74) is 1.70. The summed E-state index contributed by atoms with van der Waals surface area (Å²) in [5.74, 6) is -0.205. The van der Waals surface area contributed by atoms with Crippen molar-refractivity contribution in [1.82, 2.24) is 0 Å². The number of morpholine rings is 1. The minimum atomic E-state index is -0.407. The molecular weight excluding hydrogens is 390 g/mol. The molecule has 2 aromatic carbocycles. The van der Waals surface area contributed by atoms with Crippen LogP contribution in [0.3, 0.4) is 0 Å². The van der Waals surface area contributed by atoms with Crippen LogP contribution in [-0.2, 0) is 4.74 Å². The van der Waals surface area contributed by atoms with Crippen LogP contribution in [0.5, 0.6) is 0 Å². The Balaban J connectivity index is 1.68. The third-order valence-electron chi connectivity index (χ3n) is 5.26. The number of thioether (sulfide) groups is 1. The fraction of sp³-hybridized carbons (Fsp3) is 0.381. The molecule has 0 spiro atoms. The van der Waals surface area contributed by atoms with Gasteiger partial charge < -0.3 is 14.5 Å². The van der Waals surface area contributed by atoms with E-state index >= 15 is 0 Å². The second-order valence-electron chi connectivity index (χ2n) is 7.20. The number of ether oxygens (including phenoxy) is 1. The molecule has 2 heterocycles. The van der Waals surface area contributed by atoms with Gasteiger partial charge in [0.1, 0.15) is 5.69 Å². The molecule has 4 rings (SSSR count). The lowest BCUT2D eigenvalue weighted by Crippen LogP contribution is -2.36. The molecule has 8 heteroatoms. The van der Waals surface area contributed by atoms with Crippen LogP contribution in [0.4, 0.5) is 17.1 Å². The summed E-state index contributed by atoms with van der Waals surface area (Å²) < 4.78 is 5.34. The van der Waals surface area contributed by atoms with E-state index in [1.165, 1.54) is 6.07 Å². The lowest BCUT2D eigenvalue weighted by Gasteiger charge is -2.28. The monoisotopic (exact) mass is 413 g/mol. The van der Waals surface area contributed by atoms with E-state index in [1.54, 1.807) is 28.8 Å². The molecule has 29 heavy (non-hydrogen) atoms. The van der Waals surface area contributed by atoms with Crippen molar-refractivity contribution >= 4 is 34.7 Å². The molecule has 2 aliphatic heterocycles. The van der Waals surface area contributed by atoms with Gasteiger partial charge in [-0.05, 0) is 30.7 Å². The van der Waals surface area contributed by atoms with Crippen LogP contribution in [0.2, 0.25) is 0 Å². The number of fused-ring (bicyclic) bond motifs is 1. The predicted octanol–water partition coefficient (Wildman–Crippen LogP) is 3.96. The van der Waals surface area contributed by atoms with Crippen molar-refractivity contribution in [2.24, 2.45) is 0 Å². The fourth-order valence-corrected chi connectivity index (χ4v) is 4.84. The van der Waals surface area contributed by atoms with Gasteiger partial charge in [-0.15, -0.1) is 11.8 Å². The van der Waals surface area contributed by atoms with Crippen LogP contribution in [0.25, 0.3) is 0 Å². The van der Waals surface area contributed by atoms with E-state index in [1.807, 2.05) is 29.2 Å². The normalized spacial score (nSPS) is 19.4. The van der Waals surface area contributed by atoms with E-state index in [9.17, 15) is 14.9 Å². The van der Waals surface area contributed by atoms with Gasteiger partial charge in [-0.3, -0.25) is 14.9 Å². The average Bonchev–Trinajstić information content (AvgIpc) is 2.91. The second-order valence-corrected chi connectivity index (χ2v) is 8.68. The number of amides is 1. The molecule has 1 saturated heterocycles. The maximum absolute atomic E-state index is 13.3. The number of para-hydroxylation sites is 1. The molecule has 0 aliphatic carbocycles. The molecule has 0 unspecified atom stereocenters. The van der Waals surface area contributed by atoms with Crippen LogP contribution in [0.1, 0.15) is 23.7 Å². The summed E-state index contributed by atoms with van der Waals surface area (Å²) in [4.78, 5) is 29.4. The Morgan fingerprint density at radius 1 is 1.14 bits per heavy atom. The van der Waals surface area contributed by atoms with Crippen molar-refractivity contribution in [2.45, 2.75) is 23.5 Å². The van der Waals surface area contributed by atoms with E-state index in [0.717, 1.165) is 17.0 Å². The maximum atomic E-state index is 13.3. The molecule has 152 valence electrons. The highest BCUT2D eigenvalue weighted by atomic mass is 32.2. The van der Waals surface area contributed by atoms with E-state index in [0.29, 0.717) is 49.3 Å². The first-order valence-electron chi connectivity index (χ1n) is 9.73. The first-order chi connectivity index (χ1) is 14.0. The summed E-state index contributed by atoms with van der Waals surface area (Å²) in [5, 5.41) is 12.1. The van der Waals surface area contributed by atoms with Crippen molar-refractivity contribution < 1.29 is 14.5 Å². The summed E-state index contributed by atoms with van der Waals surface area (Å²) in [6.45, 7) is 5.02. The van der Waals surface area contributed by atoms with E-state index < -0.39 is 4.92 Å². The van der Waals surface area contributed by atoms with E-state index in [-0.39, 0.29) is 11.6 Å². The number of carbonyl (C=O) groups is 1. The van der Waals surface area contributed by atoms with Crippen molar-refractivity contribution in [3.63, 3.8) is 0 Å². The Kier molecular flexibility index (Phi) is 5.73. The Labute approximate surface area is 173 Å². The summed E-state index contributed by atoms with van der Waals surface area (Å²) in [6.07, 6.45) is 0.860. The number of benzene rings is 2. The predicted molar refractivity (Wildman–Crippen MR) is 114 cm³/mol. The molecule has 7 nitrogen and oxygen atoms in total. The van der Waals surface area contributed by atoms with Crippen LogP contribution in [0.15, 0.2) is 47.4 Å². The molecule has 0 N–H and O–H groups in total. The standard InChI is InChI=1S/C21H23N3O4S/c1-15-8-9-23(18-4-2-3-5-20(18)29-15)21(25)16-6-7-17(19(14-16)24(26)27)22-10-12-28-13-11-22/h2-7,14-15H,8-13H2,1H3/t15-/m0/s1. The van der Waals surface area contributed by atoms with Gasteiger partial charge in [0.05, 0.1) is 23.8 Å². The molecule has 0 radical (unpaired) electrons. The molecular formula is C21H23N3O4S. The van der Waals surface area contributed by atoms with Gasteiger partial charge in [0, 0.05) is 41.4 Å². The van der Waals surface area contributed by atoms with Crippen LogP contribution in [-0.4, -0.2) is 48.9 Å². The highest BCUT2D eigenvalue weighted by Crippen LogP contribution is 2.38. The number of anilines is 2. The molecule has 2 aliphatic rings.